The van der Waals surface area contributed by atoms with Crippen molar-refractivity contribution in [1.82, 2.24) is 10.0 Å². The molecular formula is C17H18N2O6. The van der Waals surface area contributed by atoms with Crippen molar-refractivity contribution in [2.45, 2.75) is 19.3 Å². The molecule has 1 amide bonds. The molecule has 3 rings (SSSR count). The Morgan fingerprint density at radius 3 is 2.68 bits per heavy atom. The Hall–Kier alpha value is -3.03. The molecule has 25 heavy (non-hydrogen) atoms. The molecule has 0 atom stereocenters. The van der Waals surface area contributed by atoms with Crippen molar-refractivity contribution in [3.8, 4) is 5.75 Å². The number of benzene rings is 1. The van der Waals surface area contributed by atoms with Crippen molar-refractivity contribution in [2.75, 3.05) is 13.2 Å². The number of amides is 1. The van der Waals surface area contributed by atoms with Crippen LogP contribution in [0.4, 0.5) is 0 Å². The standard InChI is InChI=1S/C17H18N2O6/c20-13(21)7-8-18-16(23)14-15(22)11-3-1-2-4-12(11)19(17(14)24)25-9-10-5-6-10/h1-4,10,22H,5-9H2,(H,18,23)(H,20,21). The number of para-hydroxylation sites is 1. The van der Waals surface area contributed by atoms with Crippen LogP contribution in [0.5, 0.6) is 5.75 Å². The lowest BCUT2D eigenvalue weighted by Gasteiger charge is -2.15. The zero-order chi connectivity index (χ0) is 18.0. The zero-order valence-electron chi connectivity index (χ0n) is 13.4. The molecule has 2 aromatic rings. The van der Waals surface area contributed by atoms with Gasteiger partial charge in [-0.25, -0.2) is 0 Å². The van der Waals surface area contributed by atoms with E-state index in [2.05, 4.69) is 5.32 Å². The second-order valence-electron chi connectivity index (χ2n) is 5.98. The Kier molecular flexibility index (Phi) is 4.60. The van der Waals surface area contributed by atoms with Crippen LogP contribution < -0.4 is 15.7 Å². The number of nitrogens with one attached hydrogen (secondary N) is 1. The second kappa shape index (κ2) is 6.84. The van der Waals surface area contributed by atoms with Gasteiger partial charge in [0.05, 0.1) is 11.9 Å². The van der Waals surface area contributed by atoms with E-state index in [4.69, 9.17) is 9.94 Å². The lowest BCUT2D eigenvalue weighted by atomic mass is 10.1. The molecule has 1 heterocycles. The zero-order valence-corrected chi connectivity index (χ0v) is 13.4. The van der Waals surface area contributed by atoms with E-state index in [9.17, 15) is 19.5 Å². The third-order valence-electron chi connectivity index (χ3n) is 4.00. The molecule has 1 aromatic carbocycles. The van der Waals surface area contributed by atoms with Crippen molar-refractivity contribution in [2.24, 2.45) is 5.92 Å². The summed E-state index contributed by atoms with van der Waals surface area (Å²) < 4.78 is 1.03. The molecule has 8 heteroatoms. The van der Waals surface area contributed by atoms with Gasteiger partial charge in [-0.15, -0.1) is 4.73 Å². The number of carboxylic acid groups (broad SMARTS) is 1. The molecule has 0 radical (unpaired) electrons. The van der Waals surface area contributed by atoms with E-state index in [0.717, 1.165) is 17.6 Å². The molecule has 1 aromatic heterocycles. The van der Waals surface area contributed by atoms with Crippen molar-refractivity contribution in [3.05, 3.63) is 40.2 Å². The number of pyridine rings is 1. The van der Waals surface area contributed by atoms with E-state index in [1.807, 2.05) is 0 Å². The lowest BCUT2D eigenvalue weighted by molar-refractivity contribution is -0.136. The van der Waals surface area contributed by atoms with Crippen LogP contribution in [-0.2, 0) is 4.79 Å². The molecule has 132 valence electrons. The Balaban J connectivity index is 2.00. The Morgan fingerprint density at radius 1 is 1.28 bits per heavy atom. The first kappa shape index (κ1) is 16.8. The SMILES string of the molecule is O=C(O)CCNC(=O)c1c(O)c2ccccc2n(OCC2CC2)c1=O. The van der Waals surface area contributed by atoms with Crippen LogP contribution in [0, 0.1) is 5.92 Å². The number of carboxylic acids is 1. The van der Waals surface area contributed by atoms with Gasteiger partial charge >= 0.3 is 5.97 Å². The quantitative estimate of drug-likeness (QED) is 0.681. The predicted molar refractivity (Wildman–Crippen MR) is 88.6 cm³/mol. The summed E-state index contributed by atoms with van der Waals surface area (Å²) in [5.74, 6) is -1.96. The molecule has 1 fully saturated rings. The fraction of sp³-hybridized carbons (Fsp3) is 0.353. The van der Waals surface area contributed by atoms with Crippen LogP contribution in [0.3, 0.4) is 0 Å². The highest BCUT2D eigenvalue weighted by Gasteiger charge is 2.26. The molecule has 1 aliphatic rings. The highest BCUT2D eigenvalue weighted by Crippen LogP contribution is 2.29. The third-order valence-corrected chi connectivity index (χ3v) is 4.00. The molecule has 0 aliphatic heterocycles. The van der Waals surface area contributed by atoms with Crippen LogP contribution in [0.15, 0.2) is 29.1 Å². The summed E-state index contributed by atoms with van der Waals surface area (Å²) in [4.78, 5) is 41.1. The van der Waals surface area contributed by atoms with Crippen LogP contribution in [0.25, 0.3) is 10.9 Å². The van der Waals surface area contributed by atoms with E-state index < -0.39 is 28.7 Å². The number of aromatic nitrogens is 1. The van der Waals surface area contributed by atoms with Gasteiger partial charge < -0.3 is 20.4 Å². The molecule has 1 saturated carbocycles. The Bertz CT molecular complexity index is 885. The highest BCUT2D eigenvalue weighted by atomic mass is 16.7. The van der Waals surface area contributed by atoms with Crippen LogP contribution in [0.2, 0.25) is 0 Å². The first-order chi connectivity index (χ1) is 12.0. The van der Waals surface area contributed by atoms with Gasteiger partial charge in [0.2, 0.25) is 0 Å². The Labute approximate surface area is 142 Å². The van der Waals surface area contributed by atoms with Gasteiger partial charge in [0.15, 0.2) is 0 Å². The van der Waals surface area contributed by atoms with Crippen molar-refractivity contribution >= 4 is 22.8 Å². The number of nitrogens with zero attached hydrogens (tertiary/aromatic N) is 1. The largest absolute Gasteiger partial charge is 0.506 e. The topological polar surface area (TPSA) is 118 Å². The first-order valence-electron chi connectivity index (χ1n) is 7.99. The summed E-state index contributed by atoms with van der Waals surface area (Å²) in [6, 6.07) is 6.57. The minimum Gasteiger partial charge on any atom is -0.506 e. The van der Waals surface area contributed by atoms with Gasteiger partial charge in [-0.3, -0.25) is 14.4 Å². The Morgan fingerprint density at radius 2 is 2.00 bits per heavy atom. The number of aliphatic carboxylic acids is 1. The maximum Gasteiger partial charge on any atom is 0.305 e. The summed E-state index contributed by atoms with van der Waals surface area (Å²) in [7, 11) is 0. The number of rotatable bonds is 7. The van der Waals surface area contributed by atoms with Gasteiger partial charge in [0.1, 0.15) is 17.9 Å². The van der Waals surface area contributed by atoms with Crippen molar-refractivity contribution in [3.63, 3.8) is 0 Å². The minimum atomic E-state index is -1.08. The van der Waals surface area contributed by atoms with E-state index in [1.165, 1.54) is 0 Å². The average molecular weight is 346 g/mol. The summed E-state index contributed by atoms with van der Waals surface area (Å²) in [5.41, 5.74) is -0.864. The predicted octanol–water partition coefficient (Wildman–Crippen LogP) is 0.750. The first-order valence-corrected chi connectivity index (χ1v) is 7.99. The van der Waals surface area contributed by atoms with Crippen LogP contribution >= 0.6 is 0 Å². The van der Waals surface area contributed by atoms with Crippen molar-refractivity contribution < 1.29 is 24.6 Å². The number of carbonyl (C=O) groups excluding carboxylic acids is 1. The fourth-order valence-corrected chi connectivity index (χ4v) is 2.47. The summed E-state index contributed by atoms with van der Waals surface area (Å²) in [6.07, 6.45) is 1.78. The van der Waals surface area contributed by atoms with E-state index >= 15 is 0 Å². The highest BCUT2D eigenvalue weighted by molar-refractivity contribution is 6.02. The molecule has 3 N–H and O–H groups in total. The third kappa shape index (κ3) is 3.57. The van der Waals surface area contributed by atoms with Gasteiger partial charge in [-0.2, -0.15) is 0 Å². The monoisotopic (exact) mass is 346 g/mol. The fourth-order valence-electron chi connectivity index (χ4n) is 2.47. The summed E-state index contributed by atoms with van der Waals surface area (Å²) >= 11 is 0. The van der Waals surface area contributed by atoms with Gasteiger partial charge in [-0.05, 0) is 30.9 Å². The van der Waals surface area contributed by atoms with E-state index in [1.54, 1.807) is 24.3 Å². The average Bonchev–Trinajstić information content (AvgIpc) is 3.39. The molecule has 0 saturated heterocycles. The maximum absolute atomic E-state index is 12.7. The van der Waals surface area contributed by atoms with Gasteiger partial charge in [0.25, 0.3) is 11.5 Å². The summed E-state index contributed by atoms with van der Waals surface area (Å²) in [5, 5.41) is 21.6. The number of aromatic hydroxyl groups is 1. The molecule has 0 spiro atoms. The maximum atomic E-state index is 12.7. The molecule has 0 unspecified atom stereocenters. The molecular weight excluding hydrogens is 328 g/mol. The van der Waals surface area contributed by atoms with Gasteiger partial charge in [-0.1, -0.05) is 12.1 Å². The van der Waals surface area contributed by atoms with Crippen LogP contribution in [-0.4, -0.2) is 40.0 Å². The molecule has 8 nitrogen and oxygen atoms in total. The number of carbonyl (C=O) groups is 2. The van der Waals surface area contributed by atoms with Gasteiger partial charge in [0, 0.05) is 11.9 Å². The smallest absolute Gasteiger partial charge is 0.305 e. The molecule has 1 aliphatic carbocycles. The lowest BCUT2D eigenvalue weighted by Crippen LogP contribution is -2.37. The van der Waals surface area contributed by atoms with E-state index in [0.29, 0.717) is 23.4 Å². The normalized spacial score (nSPS) is 13.6. The minimum absolute atomic E-state index is 0.150. The number of hydrogen-bond acceptors (Lipinski definition) is 5. The van der Waals surface area contributed by atoms with Crippen molar-refractivity contribution in [1.29, 1.82) is 0 Å². The van der Waals surface area contributed by atoms with E-state index in [-0.39, 0.29) is 13.0 Å². The molecule has 0 bridgehead atoms. The number of fused-ring (bicyclic) bond motifs is 1. The summed E-state index contributed by atoms with van der Waals surface area (Å²) in [6.45, 7) is 0.206. The second-order valence-corrected chi connectivity index (χ2v) is 5.98. The van der Waals surface area contributed by atoms with Crippen LogP contribution in [0.1, 0.15) is 29.6 Å². The number of hydrogen-bond donors (Lipinski definition) is 3.